The Hall–Kier alpha value is -2.00. The van der Waals surface area contributed by atoms with Crippen LogP contribution in [-0.2, 0) is 19.4 Å². The smallest absolute Gasteiger partial charge is 0.126 e. The summed E-state index contributed by atoms with van der Waals surface area (Å²) in [6.07, 6.45) is 2.15. The molecule has 2 heterocycles. The minimum absolute atomic E-state index is 0.471. The highest BCUT2D eigenvalue weighted by molar-refractivity contribution is 5.50. The van der Waals surface area contributed by atoms with Crippen molar-refractivity contribution in [2.24, 2.45) is 0 Å². The number of rotatable bonds is 2. The maximum Gasteiger partial charge on any atom is 0.126 e. The van der Waals surface area contributed by atoms with Crippen LogP contribution in [-0.4, -0.2) is 25.7 Å². The lowest BCUT2D eigenvalue weighted by Gasteiger charge is -2.42. The van der Waals surface area contributed by atoms with Gasteiger partial charge in [-0.2, -0.15) is 0 Å². The van der Waals surface area contributed by atoms with E-state index in [4.69, 9.17) is 9.47 Å². The molecule has 0 spiro atoms. The van der Waals surface area contributed by atoms with Crippen molar-refractivity contribution in [3.8, 4) is 11.5 Å². The molecule has 24 heavy (non-hydrogen) atoms. The van der Waals surface area contributed by atoms with Gasteiger partial charge in [-0.3, -0.25) is 4.90 Å². The fraction of sp³-hybridized carbons (Fsp3) is 0.429. The summed E-state index contributed by atoms with van der Waals surface area (Å²) >= 11 is 0. The van der Waals surface area contributed by atoms with Crippen LogP contribution in [0.2, 0.25) is 0 Å². The largest absolute Gasteiger partial charge is 0.496 e. The third-order valence-corrected chi connectivity index (χ3v) is 5.66. The van der Waals surface area contributed by atoms with E-state index in [-0.39, 0.29) is 0 Å². The van der Waals surface area contributed by atoms with Gasteiger partial charge in [0.25, 0.3) is 0 Å². The molecule has 3 heteroatoms. The Balaban J connectivity index is 1.77. The van der Waals surface area contributed by atoms with Crippen molar-refractivity contribution >= 4 is 0 Å². The standard InChI is InChI=1S/C21H25NO2/c1-13-5-6-15-10-19-17-9-14(2)20(23-3)11-16(17)7-8-22(19)12-18(15)21(13)24-4/h5-6,9,11,19H,7-8,10,12H2,1-4H3/t19-/m0/s1. The molecule has 0 radical (unpaired) electrons. The van der Waals surface area contributed by atoms with Crippen molar-refractivity contribution in [2.75, 3.05) is 20.8 Å². The van der Waals surface area contributed by atoms with E-state index < -0.39 is 0 Å². The molecule has 0 aliphatic carbocycles. The van der Waals surface area contributed by atoms with Gasteiger partial charge in [0, 0.05) is 24.7 Å². The Kier molecular flexibility index (Phi) is 3.76. The summed E-state index contributed by atoms with van der Waals surface area (Å²) in [7, 11) is 3.55. The fourth-order valence-electron chi connectivity index (χ4n) is 4.39. The van der Waals surface area contributed by atoms with Crippen molar-refractivity contribution in [2.45, 2.75) is 39.3 Å². The molecule has 2 aromatic carbocycles. The first kappa shape index (κ1) is 15.5. The quantitative estimate of drug-likeness (QED) is 0.834. The van der Waals surface area contributed by atoms with Crippen LogP contribution in [0, 0.1) is 13.8 Å². The first-order valence-corrected chi connectivity index (χ1v) is 8.69. The molecule has 3 nitrogen and oxygen atoms in total. The summed E-state index contributed by atoms with van der Waals surface area (Å²) in [5, 5.41) is 0. The lowest BCUT2D eigenvalue weighted by molar-refractivity contribution is 0.158. The lowest BCUT2D eigenvalue weighted by Crippen LogP contribution is -2.39. The van der Waals surface area contributed by atoms with Gasteiger partial charge in [0.15, 0.2) is 0 Å². The van der Waals surface area contributed by atoms with Crippen molar-refractivity contribution < 1.29 is 9.47 Å². The van der Waals surface area contributed by atoms with Crippen LogP contribution in [0.25, 0.3) is 0 Å². The number of aryl methyl sites for hydroxylation is 2. The Bertz CT molecular complexity index is 797. The molecular formula is C21H25NO2. The van der Waals surface area contributed by atoms with E-state index >= 15 is 0 Å². The molecule has 2 aliphatic heterocycles. The minimum Gasteiger partial charge on any atom is -0.496 e. The Morgan fingerprint density at radius 2 is 1.83 bits per heavy atom. The van der Waals surface area contributed by atoms with Crippen molar-refractivity contribution in [3.63, 3.8) is 0 Å². The maximum atomic E-state index is 5.70. The molecule has 0 N–H and O–H groups in total. The highest BCUT2D eigenvalue weighted by Gasteiger charge is 2.34. The van der Waals surface area contributed by atoms with Gasteiger partial charge in [0.1, 0.15) is 11.5 Å². The lowest BCUT2D eigenvalue weighted by atomic mass is 9.82. The SMILES string of the molecule is COc1cc2c(cc1C)[C@@H]1Cc3ccc(C)c(OC)c3CN1CC2. The highest BCUT2D eigenvalue weighted by atomic mass is 16.5. The van der Waals surface area contributed by atoms with Crippen molar-refractivity contribution in [3.05, 3.63) is 57.6 Å². The Morgan fingerprint density at radius 3 is 2.58 bits per heavy atom. The molecule has 0 unspecified atom stereocenters. The van der Waals surface area contributed by atoms with Gasteiger partial charge in [-0.25, -0.2) is 0 Å². The van der Waals surface area contributed by atoms with Gasteiger partial charge >= 0.3 is 0 Å². The van der Waals surface area contributed by atoms with E-state index in [1.165, 1.54) is 33.4 Å². The van der Waals surface area contributed by atoms with E-state index in [9.17, 15) is 0 Å². The van der Waals surface area contributed by atoms with E-state index in [1.807, 2.05) is 0 Å². The van der Waals surface area contributed by atoms with Gasteiger partial charge in [0.05, 0.1) is 14.2 Å². The molecule has 0 amide bonds. The third kappa shape index (κ3) is 2.30. The number of hydrogen-bond donors (Lipinski definition) is 0. The van der Waals surface area contributed by atoms with Gasteiger partial charge < -0.3 is 9.47 Å². The summed E-state index contributed by atoms with van der Waals surface area (Å²) in [5.41, 5.74) is 8.19. The van der Waals surface area contributed by atoms with E-state index in [0.717, 1.165) is 37.4 Å². The number of benzene rings is 2. The predicted octanol–water partition coefficient (Wildman–Crippen LogP) is 3.98. The van der Waals surface area contributed by atoms with Gasteiger partial charge in [-0.15, -0.1) is 0 Å². The normalized spacial score (nSPS) is 19.2. The van der Waals surface area contributed by atoms with Crippen LogP contribution < -0.4 is 9.47 Å². The number of fused-ring (bicyclic) bond motifs is 4. The fourth-order valence-corrected chi connectivity index (χ4v) is 4.39. The van der Waals surface area contributed by atoms with Crippen LogP contribution in [0.1, 0.15) is 39.4 Å². The Labute approximate surface area is 144 Å². The molecule has 0 saturated heterocycles. The van der Waals surface area contributed by atoms with E-state index in [0.29, 0.717) is 6.04 Å². The second kappa shape index (κ2) is 5.82. The minimum atomic E-state index is 0.471. The average molecular weight is 323 g/mol. The van der Waals surface area contributed by atoms with Gasteiger partial charge in [-0.1, -0.05) is 18.2 Å². The predicted molar refractivity (Wildman–Crippen MR) is 96.0 cm³/mol. The molecule has 0 bridgehead atoms. The molecule has 0 saturated carbocycles. The topological polar surface area (TPSA) is 21.7 Å². The molecule has 2 aliphatic rings. The molecule has 4 rings (SSSR count). The maximum absolute atomic E-state index is 5.70. The van der Waals surface area contributed by atoms with Crippen LogP contribution in [0.3, 0.4) is 0 Å². The molecular weight excluding hydrogens is 298 g/mol. The molecule has 1 atom stereocenters. The first-order valence-electron chi connectivity index (χ1n) is 8.69. The summed E-state index contributed by atoms with van der Waals surface area (Å²) in [6, 6.07) is 9.53. The van der Waals surface area contributed by atoms with Crippen LogP contribution in [0.15, 0.2) is 24.3 Å². The van der Waals surface area contributed by atoms with E-state index in [1.54, 1.807) is 14.2 Å². The summed E-state index contributed by atoms with van der Waals surface area (Å²) < 4.78 is 11.2. The number of ether oxygens (including phenoxy) is 2. The summed E-state index contributed by atoms with van der Waals surface area (Å²) in [5.74, 6) is 2.08. The number of nitrogens with zero attached hydrogens (tertiary/aromatic N) is 1. The second-order valence-corrected chi connectivity index (χ2v) is 7.01. The van der Waals surface area contributed by atoms with Crippen LogP contribution >= 0.6 is 0 Å². The van der Waals surface area contributed by atoms with Crippen molar-refractivity contribution in [1.82, 2.24) is 4.90 Å². The monoisotopic (exact) mass is 323 g/mol. The first-order chi connectivity index (χ1) is 11.6. The molecule has 2 aromatic rings. The second-order valence-electron chi connectivity index (χ2n) is 7.01. The zero-order valence-corrected chi connectivity index (χ0v) is 15.0. The number of methoxy groups -OCH3 is 2. The highest BCUT2D eigenvalue weighted by Crippen LogP contribution is 2.42. The zero-order chi connectivity index (χ0) is 16.8. The molecule has 126 valence electrons. The van der Waals surface area contributed by atoms with Crippen LogP contribution in [0.5, 0.6) is 11.5 Å². The summed E-state index contributed by atoms with van der Waals surface area (Å²) in [6.45, 7) is 6.35. The zero-order valence-electron chi connectivity index (χ0n) is 15.0. The average Bonchev–Trinajstić information content (AvgIpc) is 2.59. The summed E-state index contributed by atoms with van der Waals surface area (Å²) in [4.78, 5) is 2.61. The molecule has 0 aromatic heterocycles. The van der Waals surface area contributed by atoms with Gasteiger partial charge in [-0.05, 0) is 60.6 Å². The third-order valence-electron chi connectivity index (χ3n) is 5.66. The van der Waals surface area contributed by atoms with Crippen LogP contribution in [0.4, 0.5) is 0 Å². The van der Waals surface area contributed by atoms with E-state index in [2.05, 4.69) is 43.0 Å². The van der Waals surface area contributed by atoms with Gasteiger partial charge in [0.2, 0.25) is 0 Å². The Morgan fingerprint density at radius 1 is 1.00 bits per heavy atom. The van der Waals surface area contributed by atoms with Crippen molar-refractivity contribution in [1.29, 1.82) is 0 Å². The molecule has 0 fully saturated rings. The number of hydrogen-bond acceptors (Lipinski definition) is 3.